The molecule has 9 nitrogen and oxygen atoms in total. The molecule has 0 bridgehead atoms. The number of hydrogen-bond acceptors (Lipinski definition) is 6. The molecule has 0 radical (unpaired) electrons. The first-order chi connectivity index (χ1) is 15.1. The predicted octanol–water partition coefficient (Wildman–Crippen LogP) is 3.24. The van der Waals surface area contributed by atoms with Crippen molar-refractivity contribution in [3.05, 3.63) is 57.8 Å². The second-order valence-corrected chi connectivity index (χ2v) is 8.88. The smallest absolute Gasteiger partial charge is 0.410 e. The van der Waals surface area contributed by atoms with E-state index in [0.29, 0.717) is 38.2 Å². The number of nitrogens with one attached hydrogen (secondary N) is 1. The Kier molecular flexibility index (Phi) is 7.17. The van der Waals surface area contributed by atoms with Gasteiger partial charge >= 0.3 is 12.1 Å². The minimum atomic E-state index is -1.32. The molecule has 0 saturated carbocycles. The molecule has 0 atom stereocenters. The molecule has 1 aromatic carbocycles. The third-order valence-electron chi connectivity index (χ3n) is 5.10. The van der Waals surface area contributed by atoms with Crippen molar-refractivity contribution in [1.29, 1.82) is 0 Å². The number of carbonyl (C=O) groups excluding carboxylic acids is 1. The van der Waals surface area contributed by atoms with E-state index in [1.807, 2.05) is 51.1 Å². The van der Waals surface area contributed by atoms with Gasteiger partial charge in [-0.1, -0.05) is 30.3 Å². The normalized spacial score (nSPS) is 14.8. The van der Waals surface area contributed by atoms with Gasteiger partial charge in [-0.3, -0.25) is 4.79 Å². The van der Waals surface area contributed by atoms with Crippen molar-refractivity contribution in [2.45, 2.75) is 52.2 Å². The second kappa shape index (κ2) is 9.84. The molecule has 1 aliphatic rings. The van der Waals surface area contributed by atoms with Gasteiger partial charge in [0.25, 0.3) is 5.56 Å². The molecule has 1 saturated heterocycles. The van der Waals surface area contributed by atoms with Gasteiger partial charge in [-0.05, 0) is 45.1 Å². The zero-order valence-corrected chi connectivity index (χ0v) is 18.6. The molecule has 1 fully saturated rings. The highest BCUT2D eigenvalue weighted by molar-refractivity contribution is 5.88. The van der Waals surface area contributed by atoms with Crippen molar-refractivity contribution in [3.63, 3.8) is 0 Å². The molecule has 3 rings (SSSR count). The summed E-state index contributed by atoms with van der Waals surface area (Å²) in [6, 6.07) is 9.15. The minimum absolute atomic E-state index is 0.0638. The number of piperidine rings is 1. The number of amides is 1. The summed E-state index contributed by atoms with van der Waals surface area (Å²) < 4.78 is 10.9. The van der Waals surface area contributed by atoms with Crippen LogP contribution in [0.2, 0.25) is 0 Å². The molecule has 172 valence electrons. The Labute approximate surface area is 186 Å². The lowest BCUT2D eigenvalue weighted by molar-refractivity contribution is 0.0183. The molecule has 0 unspecified atom stereocenters. The number of aromatic amines is 1. The largest absolute Gasteiger partial charge is 0.481 e. The number of carboxylic acid groups (broad SMARTS) is 1. The van der Waals surface area contributed by atoms with Gasteiger partial charge in [-0.15, -0.1) is 0 Å². The summed E-state index contributed by atoms with van der Waals surface area (Å²) in [6.07, 6.45) is 1.49. The summed E-state index contributed by atoms with van der Waals surface area (Å²) in [7, 11) is 0. The zero-order chi connectivity index (χ0) is 23.3. The van der Waals surface area contributed by atoms with Gasteiger partial charge in [-0.2, -0.15) is 0 Å². The summed E-state index contributed by atoms with van der Waals surface area (Å²) >= 11 is 0. The summed E-state index contributed by atoms with van der Waals surface area (Å²) in [5, 5.41) is 9.55. The molecule has 9 heteroatoms. The van der Waals surface area contributed by atoms with E-state index in [4.69, 9.17) is 9.47 Å². The van der Waals surface area contributed by atoms with Gasteiger partial charge in [0, 0.05) is 19.5 Å². The maximum absolute atomic E-state index is 12.5. The molecule has 32 heavy (non-hydrogen) atoms. The van der Waals surface area contributed by atoms with Crippen molar-refractivity contribution in [2.75, 3.05) is 13.1 Å². The lowest BCUT2D eigenvalue weighted by atomic mass is 9.93. The van der Waals surface area contributed by atoms with Gasteiger partial charge < -0.3 is 24.5 Å². The maximum Gasteiger partial charge on any atom is 0.410 e. The number of carbonyl (C=O) groups is 2. The van der Waals surface area contributed by atoms with Gasteiger partial charge in [0.15, 0.2) is 5.69 Å². The lowest BCUT2D eigenvalue weighted by Crippen LogP contribution is -2.42. The van der Waals surface area contributed by atoms with Crippen LogP contribution in [0.15, 0.2) is 35.1 Å². The van der Waals surface area contributed by atoms with Crippen LogP contribution >= 0.6 is 0 Å². The third kappa shape index (κ3) is 6.32. The molecule has 1 aliphatic heterocycles. The van der Waals surface area contributed by atoms with Gasteiger partial charge in [0.05, 0.1) is 0 Å². The van der Waals surface area contributed by atoms with Crippen LogP contribution in [0.4, 0.5) is 4.79 Å². The Hall–Kier alpha value is -3.36. The van der Waals surface area contributed by atoms with E-state index >= 15 is 0 Å². The highest BCUT2D eigenvalue weighted by Gasteiger charge is 2.28. The van der Waals surface area contributed by atoms with Crippen LogP contribution in [0.25, 0.3) is 0 Å². The van der Waals surface area contributed by atoms with Crippen molar-refractivity contribution in [2.24, 2.45) is 5.92 Å². The van der Waals surface area contributed by atoms with E-state index < -0.39 is 22.8 Å². The van der Waals surface area contributed by atoms with Crippen molar-refractivity contribution in [1.82, 2.24) is 14.9 Å². The number of rotatable bonds is 6. The molecular weight excluding hydrogens is 414 g/mol. The number of nitrogens with zero attached hydrogens (tertiary/aromatic N) is 2. The number of ether oxygens (including phenoxy) is 2. The first kappa shape index (κ1) is 23.3. The number of aromatic carboxylic acids is 1. The molecule has 0 aliphatic carbocycles. The Morgan fingerprint density at radius 2 is 1.84 bits per heavy atom. The molecule has 0 spiro atoms. The number of likely N-dealkylation sites (tertiary alicyclic amines) is 1. The number of hydrogen-bond donors (Lipinski definition) is 2. The molecule has 2 heterocycles. The third-order valence-corrected chi connectivity index (χ3v) is 5.10. The van der Waals surface area contributed by atoms with Crippen molar-refractivity contribution < 1.29 is 24.2 Å². The Morgan fingerprint density at radius 3 is 2.44 bits per heavy atom. The average molecular weight is 444 g/mol. The van der Waals surface area contributed by atoms with Crippen LogP contribution in [-0.4, -0.2) is 50.7 Å². The first-order valence-electron chi connectivity index (χ1n) is 10.6. The number of carboxylic acids is 1. The van der Waals surface area contributed by atoms with E-state index in [1.54, 1.807) is 4.90 Å². The van der Waals surface area contributed by atoms with Gasteiger partial charge in [0.1, 0.15) is 18.0 Å². The fourth-order valence-electron chi connectivity index (χ4n) is 3.53. The van der Waals surface area contributed by atoms with Crippen LogP contribution in [0.5, 0.6) is 5.75 Å². The summed E-state index contributed by atoms with van der Waals surface area (Å²) in [4.78, 5) is 45.0. The predicted molar refractivity (Wildman–Crippen MR) is 117 cm³/mol. The summed E-state index contributed by atoms with van der Waals surface area (Å²) in [6.45, 7) is 6.61. The minimum Gasteiger partial charge on any atom is -0.481 e. The van der Waals surface area contributed by atoms with E-state index in [2.05, 4.69) is 9.97 Å². The van der Waals surface area contributed by atoms with Crippen LogP contribution in [0.3, 0.4) is 0 Å². The summed E-state index contributed by atoms with van der Waals surface area (Å²) in [5.74, 6) is -1.16. The Bertz CT molecular complexity index is 1000. The Morgan fingerprint density at radius 1 is 1.19 bits per heavy atom. The summed E-state index contributed by atoms with van der Waals surface area (Å²) in [5.41, 5.74) is -0.751. The van der Waals surface area contributed by atoms with Gasteiger partial charge in [0.2, 0.25) is 5.75 Å². The van der Waals surface area contributed by atoms with Crippen molar-refractivity contribution in [3.8, 4) is 5.75 Å². The highest BCUT2D eigenvalue weighted by atomic mass is 16.6. The fraction of sp³-hybridized carbons (Fsp3) is 0.478. The van der Waals surface area contributed by atoms with Crippen molar-refractivity contribution >= 4 is 12.1 Å². The zero-order valence-electron chi connectivity index (χ0n) is 18.6. The molecule has 2 N–H and O–H groups in total. The Balaban J connectivity index is 1.64. The SMILES string of the molecule is CC(C)(C)OC(=O)N1CCC(Cc2nc(C(=O)O)c(OCc3ccccc3)c(=O)[nH]2)CC1. The fourth-order valence-corrected chi connectivity index (χ4v) is 3.53. The average Bonchev–Trinajstić information content (AvgIpc) is 2.72. The molecule has 1 amide bonds. The van der Waals surface area contributed by atoms with E-state index in [0.717, 1.165) is 5.56 Å². The number of benzene rings is 1. The monoisotopic (exact) mass is 443 g/mol. The highest BCUT2D eigenvalue weighted by Crippen LogP contribution is 2.23. The van der Waals surface area contributed by atoms with Crippen LogP contribution < -0.4 is 10.3 Å². The van der Waals surface area contributed by atoms with E-state index in [-0.39, 0.29) is 24.4 Å². The topological polar surface area (TPSA) is 122 Å². The quantitative estimate of drug-likeness (QED) is 0.703. The van der Waals surface area contributed by atoms with E-state index in [1.165, 1.54) is 0 Å². The van der Waals surface area contributed by atoms with Crippen LogP contribution in [-0.2, 0) is 17.8 Å². The molecular formula is C23H29N3O6. The van der Waals surface area contributed by atoms with Crippen LogP contribution in [0, 0.1) is 5.92 Å². The van der Waals surface area contributed by atoms with Gasteiger partial charge in [-0.25, -0.2) is 14.6 Å². The van der Waals surface area contributed by atoms with E-state index in [9.17, 15) is 19.5 Å². The molecule has 2 aromatic rings. The number of aromatic nitrogens is 2. The lowest BCUT2D eigenvalue weighted by Gasteiger charge is -2.33. The second-order valence-electron chi connectivity index (χ2n) is 8.88. The standard InChI is InChI=1S/C23H29N3O6/c1-23(2,3)32-22(30)26-11-9-15(10-12-26)13-17-24-18(21(28)29)19(20(27)25-17)31-14-16-7-5-4-6-8-16/h4-8,15H,9-14H2,1-3H3,(H,28,29)(H,24,25,27). The first-order valence-corrected chi connectivity index (χ1v) is 10.6. The maximum atomic E-state index is 12.5. The molecule has 1 aromatic heterocycles. The number of H-pyrrole nitrogens is 1. The van der Waals surface area contributed by atoms with Crippen LogP contribution in [0.1, 0.15) is 55.5 Å².